The Hall–Kier alpha value is -8.88. The van der Waals surface area contributed by atoms with Crippen LogP contribution >= 0.6 is 0 Å². The Kier molecular flexibility index (Phi) is 9.87. The van der Waals surface area contributed by atoms with E-state index < -0.39 is 0 Å². The summed E-state index contributed by atoms with van der Waals surface area (Å²) in [7, 11) is 0. The van der Waals surface area contributed by atoms with E-state index in [0.29, 0.717) is 0 Å². The average molecular weight is 887 g/mol. The molecule has 4 heterocycles. The molecule has 12 aromatic rings. The van der Waals surface area contributed by atoms with Gasteiger partial charge in [-0.1, -0.05) is 97.1 Å². The average Bonchev–Trinajstić information content (AvgIpc) is 4.23. The summed E-state index contributed by atoms with van der Waals surface area (Å²) < 4.78 is 23.6. The third kappa shape index (κ3) is 6.60. The molecule has 8 heteroatoms. The van der Waals surface area contributed by atoms with Crippen LogP contribution in [0.2, 0.25) is 0 Å². The lowest BCUT2D eigenvalue weighted by Crippen LogP contribution is -2.16. The third-order valence-corrected chi connectivity index (χ3v) is 13.3. The first-order chi connectivity index (χ1) is 33.4. The Morgan fingerprint density at radius 3 is 0.706 bits per heavy atom. The van der Waals surface area contributed by atoms with Crippen molar-refractivity contribution in [3.63, 3.8) is 0 Å². The Balaban J connectivity index is 1.29. The molecule has 0 N–H and O–H groups in total. The zero-order chi connectivity index (χ0) is 45.9. The van der Waals surface area contributed by atoms with Gasteiger partial charge in [-0.25, -0.2) is 0 Å². The van der Waals surface area contributed by atoms with E-state index in [0.717, 1.165) is 123 Å². The summed E-state index contributed by atoms with van der Waals surface area (Å²) in [6, 6.07) is 56.1. The number of benzene rings is 8. The number of nitrogens with zero attached hydrogens (tertiary/aromatic N) is 4. The molecule has 68 heavy (non-hydrogen) atoms. The van der Waals surface area contributed by atoms with Crippen LogP contribution in [0.4, 0.5) is 68.2 Å². The first-order valence-corrected chi connectivity index (χ1v) is 22.7. The van der Waals surface area contributed by atoms with Gasteiger partial charge in [0, 0.05) is 79.3 Å². The van der Waals surface area contributed by atoms with E-state index in [-0.39, 0.29) is 0 Å². The van der Waals surface area contributed by atoms with Crippen LogP contribution in [0.15, 0.2) is 225 Å². The minimum absolute atomic E-state index is 0.906. The van der Waals surface area contributed by atoms with E-state index >= 15 is 0 Å². The zero-order valence-corrected chi connectivity index (χ0v) is 38.1. The number of para-hydroxylation sites is 4. The quantitative estimate of drug-likeness (QED) is 0.112. The van der Waals surface area contributed by atoms with Gasteiger partial charge in [-0.05, 0) is 86.3 Å². The minimum atomic E-state index is 0.906. The molecule has 8 nitrogen and oxygen atoms in total. The predicted octanol–water partition coefficient (Wildman–Crippen LogP) is 18.1. The van der Waals surface area contributed by atoms with Gasteiger partial charge in [-0.15, -0.1) is 0 Å². The molecule has 0 aliphatic heterocycles. The lowest BCUT2D eigenvalue weighted by Gasteiger charge is -2.34. The summed E-state index contributed by atoms with van der Waals surface area (Å²) in [5, 5.41) is 6.50. The highest BCUT2D eigenvalue weighted by Crippen LogP contribution is 2.55. The van der Waals surface area contributed by atoms with Crippen molar-refractivity contribution >= 4 is 101 Å². The summed E-state index contributed by atoms with van der Waals surface area (Å²) in [4.78, 5) is 9.32. The molecule has 330 valence electrons. The maximum absolute atomic E-state index is 5.89. The van der Waals surface area contributed by atoms with Gasteiger partial charge in [0.25, 0.3) is 0 Å². The van der Waals surface area contributed by atoms with Crippen molar-refractivity contribution in [3.05, 3.63) is 230 Å². The van der Waals surface area contributed by atoms with Crippen LogP contribution in [-0.2, 0) is 0 Å². The number of hydrogen-bond acceptors (Lipinski definition) is 8. The molecular weight excluding hydrogens is 841 g/mol. The zero-order valence-electron chi connectivity index (χ0n) is 38.1. The predicted molar refractivity (Wildman–Crippen MR) is 277 cm³/mol. The first kappa shape index (κ1) is 40.6. The second-order valence-electron chi connectivity index (χ2n) is 17.3. The van der Waals surface area contributed by atoms with Gasteiger partial charge in [0.05, 0.1) is 70.6 Å². The second kappa shape index (κ2) is 16.5. The molecule has 0 aliphatic rings. The van der Waals surface area contributed by atoms with Crippen LogP contribution in [0.25, 0.3) is 32.3 Å². The highest BCUT2D eigenvalue weighted by atomic mass is 16.3. The van der Waals surface area contributed by atoms with Crippen molar-refractivity contribution in [1.29, 1.82) is 0 Å². The Morgan fingerprint density at radius 1 is 0.265 bits per heavy atom. The normalized spacial score (nSPS) is 11.5. The molecular formula is C60H46N4O4. The molecule has 0 aliphatic carbocycles. The van der Waals surface area contributed by atoms with E-state index in [1.165, 1.54) is 0 Å². The molecule has 8 aromatic carbocycles. The van der Waals surface area contributed by atoms with Gasteiger partial charge < -0.3 is 37.3 Å². The molecule has 0 spiro atoms. The van der Waals surface area contributed by atoms with E-state index in [1.54, 1.807) is 25.1 Å². The standard InChI is InChI=1S/C60H46N4O4/c1-39-13-5-9-17-51(39)61(43-25-29-65-35-43)55-33-56(62(44-26-30-66-36-44)52-18-10-6-14-40(52)2)48-23-24-50-58(64(46-28-32-68-38-46)54-20-12-8-16-42(54)4)34-57(49-22-21-47(55)59(48)60(49)50)63(45-27-31-67-37-45)53-19-11-7-15-41(53)3/h5-38H,1-4H3. The van der Waals surface area contributed by atoms with Crippen molar-refractivity contribution in [2.45, 2.75) is 27.7 Å². The van der Waals surface area contributed by atoms with Crippen molar-refractivity contribution in [2.24, 2.45) is 0 Å². The van der Waals surface area contributed by atoms with Gasteiger partial charge in [-0.3, -0.25) is 0 Å². The number of hydrogen-bond donors (Lipinski definition) is 0. The summed E-state index contributed by atoms with van der Waals surface area (Å²) in [6.07, 6.45) is 14.3. The maximum atomic E-state index is 5.89. The molecule has 0 unspecified atom stereocenters. The van der Waals surface area contributed by atoms with E-state index in [2.05, 4.69) is 181 Å². The lowest BCUT2D eigenvalue weighted by molar-refractivity contribution is 0.567. The SMILES string of the molecule is Cc1ccccc1N(c1ccoc1)c1cc(N(c2ccoc2)c2ccccc2C)c2ccc3c(N(c4ccoc4)c4ccccc4C)cc(N(c4ccoc4)c4ccccc4C)c4ccc1c2c43. The van der Waals surface area contributed by atoms with Crippen molar-refractivity contribution < 1.29 is 17.7 Å². The van der Waals surface area contributed by atoms with Gasteiger partial charge in [-0.2, -0.15) is 0 Å². The molecule has 0 radical (unpaired) electrons. The fourth-order valence-corrected chi connectivity index (χ4v) is 10.1. The maximum Gasteiger partial charge on any atom is 0.114 e. The Labute approximate surface area is 394 Å². The molecule has 4 aromatic heterocycles. The number of anilines is 12. The topological polar surface area (TPSA) is 65.5 Å². The molecule has 0 bridgehead atoms. The van der Waals surface area contributed by atoms with E-state index in [9.17, 15) is 0 Å². The first-order valence-electron chi connectivity index (χ1n) is 22.7. The van der Waals surface area contributed by atoms with Gasteiger partial charge >= 0.3 is 0 Å². The molecule has 12 rings (SSSR count). The van der Waals surface area contributed by atoms with Crippen LogP contribution in [0.3, 0.4) is 0 Å². The van der Waals surface area contributed by atoms with Gasteiger partial charge in [0.2, 0.25) is 0 Å². The number of rotatable bonds is 12. The second-order valence-corrected chi connectivity index (χ2v) is 17.3. The summed E-state index contributed by atoms with van der Waals surface area (Å²) in [6.45, 7) is 8.65. The smallest absolute Gasteiger partial charge is 0.114 e. The van der Waals surface area contributed by atoms with E-state index in [4.69, 9.17) is 17.7 Å². The van der Waals surface area contributed by atoms with Crippen molar-refractivity contribution in [2.75, 3.05) is 19.6 Å². The Morgan fingerprint density at radius 2 is 0.500 bits per heavy atom. The molecule has 0 fully saturated rings. The van der Waals surface area contributed by atoms with Crippen molar-refractivity contribution in [1.82, 2.24) is 0 Å². The highest BCUT2D eigenvalue weighted by Gasteiger charge is 2.30. The van der Waals surface area contributed by atoms with Crippen LogP contribution in [0.5, 0.6) is 0 Å². The monoisotopic (exact) mass is 886 g/mol. The molecule has 0 atom stereocenters. The Bertz CT molecular complexity index is 3230. The van der Waals surface area contributed by atoms with Crippen molar-refractivity contribution in [3.8, 4) is 0 Å². The minimum Gasteiger partial charge on any atom is -0.470 e. The van der Waals surface area contributed by atoms with Crippen LogP contribution < -0.4 is 19.6 Å². The summed E-state index contributed by atoms with van der Waals surface area (Å²) >= 11 is 0. The van der Waals surface area contributed by atoms with Gasteiger partial charge in [0.15, 0.2) is 0 Å². The number of aryl methyl sites for hydroxylation is 4. The molecule has 0 saturated heterocycles. The third-order valence-electron chi connectivity index (χ3n) is 13.3. The fourth-order valence-electron chi connectivity index (χ4n) is 10.1. The van der Waals surface area contributed by atoms with Crippen LogP contribution in [0, 0.1) is 27.7 Å². The van der Waals surface area contributed by atoms with E-state index in [1.807, 2.05) is 49.3 Å². The molecule has 0 saturated carbocycles. The fraction of sp³-hybridized carbons (Fsp3) is 0.0667. The van der Waals surface area contributed by atoms with Crippen LogP contribution in [0.1, 0.15) is 22.3 Å². The highest BCUT2D eigenvalue weighted by molar-refractivity contribution is 6.33. The summed E-state index contributed by atoms with van der Waals surface area (Å²) in [5.74, 6) is 0. The largest absolute Gasteiger partial charge is 0.470 e. The summed E-state index contributed by atoms with van der Waals surface area (Å²) in [5.41, 5.74) is 16.2. The van der Waals surface area contributed by atoms with Gasteiger partial charge in [0.1, 0.15) is 25.1 Å². The molecule has 0 amide bonds. The number of furan rings is 4. The lowest BCUT2D eigenvalue weighted by atomic mass is 9.89. The van der Waals surface area contributed by atoms with Crippen LogP contribution in [-0.4, -0.2) is 0 Å².